The van der Waals surface area contributed by atoms with Crippen LogP contribution < -0.4 is 4.57 Å². The molecule has 0 fully saturated rings. The van der Waals surface area contributed by atoms with Crippen molar-refractivity contribution in [3.8, 4) is 0 Å². The second kappa shape index (κ2) is 4.86. The average molecular weight is 363 g/mol. The highest BCUT2D eigenvalue weighted by atomic mass is 15.3. The van der Waals surface area contributed by atoms with Crippen LogP contribution in [-0.4, -0.2) is 23.8 Å². The quantitative estimate of drug-likeness (QED) is 0.396. The molecule has 5 aromatic rings. The molecule has 0 radical (unpaired) electrons. The molecule has 2 aliphatic heterocycles. The molecule has 0 spiro atoms. The Morgan fingerprint density at radius 3 is 2.54 bits per heavy atom. The smallest absolute Gasteiger partial charge is 0.252 e. The Morgan fingerprint density at radius 2 is 1.64 bits per heavy atom. The van der Waals surface area contributed by atoms with Gasteiger partial charge in [0.2, 0.25) is 12.3 Å². The van der Waals surface area contributed by atoms with E-state index in [0.717, 1.165) is 51.6 Å². The Bertz CT molecular complexity index is 1500. The third-order valence-electron chi connectivity index (χ3n) is 5.64. The lowest BCUT2D eigenvalue weighted by atomic mass is 10.2. The van der Waals surface area contributed by atoms with Crippen LogP contribution >= 0.6 is 0 Å². The highest BCUT2D eigenvalue weighted by Crippen LogP contribution is 2.32. The molecular weight excluding hydrogens is 348 g/mol. The second-order valence-corrected chi connectivity index (χ2v) is 7.18. The van der Waals surface area contributed by atoms with E-state index in [9.17, 15) is 0 Å². The maximum atomic E-state index is 4.90. The molecule has 0 amide bonds. The van der Waals surface area contributed by atoms with Gasteiger partial charge in [-0.25, -0.2) is 9.97 Å². The molecule has 0 unspecified atom stereocenters. The van der Waals surface area contributed by atoms with Crippen molar-refractivity contribution in [3.05, 3.63) is 78.6 Å². The lowest BCUT2D eigenvalue weighted by Gasteiger charge is -2.27. The number of fused-ring (bicyclic) bond motifs is 10. The molecule has 3 aromatic heterocycles. The van der Waals surface area contributed by atoms with Crippen LogP contribution in [0, 0.1) is 0 Å². The summed E-state index contributed by atoms with van der Waals surface area (Å²) in [5, 5.41) is 0. The molecule has 0 atom stereocenters. The largest absolute Gasteiger partial charge is 0.296 e. The number of aromatic nitrogens is 5. The minimum absolute atomic E-state index is 0.737. The molecule has 2 aliphatic rings. The van der Waals surface area contributed by atoms with Crippen molar-refractivity contribution in [2.45, 2.75) is 6.67 Å². The van der Waals surface area contributed by atoms with E-state index in [4.69, 9.17) is 9.97 Å². The third-order valence-corrected chi connectivity index (χ3v) is 5.64. The highest BCUT2D eigenvalue weighted by Gasteiger charge is 2.31. The van der Waals surface area contributed by atoms with Gasteiger partial charge in [-0.15, -0.1) is 0 Å². The maximum absolute atomic E-state index is 4.90. The molecule has 0 N–H and O–H groups in total. The first-order valence-corrected chi connectivity index (χ1v) is 9.30. The van der Waals surface area contributed by atoms with Gasteiger partial charge in [-0.3, -0.25) is 13.9 Å². The Labute approximate surface area is 159 Å². The van der Waals surface area contributed by atoms with Gasteiger partial charge in [0.1, 0.15) is 0 Å². The minimum Gasteiger partial charge on any atom is -0.296 e. The summed E-state index contributed by atoms with van der Waals surface area (Å²) in [6, 6.07) is 16.5. The van der Waals surface area contributed by atoms with Crippen LogP contribution in [0.25, 0.3) is 45.7 Å². The van der Waals surface area contributed by atoms with Crippen molar-refractivity contribution < 1.29 is 4.57 Å². The van der Waals surface area contributed by atoms with Crippen LogP contribution in [0.3, 0.4) is 0 Å². The van der Waals surface area contributed by atoms with E-state index < -0.39 is 0 Å². The first-order valence-electron chi connectivity index (χ1n) is 9.30. The molecule has 2 aromatic carbocycles. The summed E-state index contributed by atoms with van der Waals surface area (Å²) in [4.78, 5) is 12.0. The topological polar surface area (TPSA) is 42.2 Å². The number of para-hydroxylation sites is 4. The zero-order valence-electron chi connectivity index (χ0n) is 14.9. The van der Waals surface area contributed by atoms with Gasteiger partial charge >= 0.3 is 0 Å². The van der Waals surface area contributed by atoms with Crippen LogP contribution in [0.4, 0.5) is 0 Å². The van der Waals surface area contributed by atoms with E-state index in [0.29, 0.717) is 0 Å². The van der Waals surface area contributed by atoms with Crippen LogP contribution in [0.15, 0.2) is 67.1 Å². The summed E-state index contributed by atoms with van der Waals surface area (Å²) in [6.45, 7) is 0.737. The Kier molecular flexibility index (Phi) is 2.46. The molecule has 0 aliphatic carbocycles. The van der Waals surface area contributed by atoms with Gasteiger partial charge in [0.15, 0.2) is 12.0 Å². The summed E-state index contributed by atoms with van der Waals surface area (Å²) in [5.74, 6) is 0.966. The van der Waals surface area contributed by atoms with Crippen molar-refractivity contribution in [3.63, 3.8) is 0 Å². The summed E-state index contributed by atoms with van der Waals surface area (Å²) in [7, 11) is 0. The fourth-order valence-electron chi connectivity index (χ4n) is 4.30. The van der Waals surface area contributed by atoms with E-state index in [-0.39, 0.29) is 0 Å². The molecule has 0 saturated heterocycles. The molecular formula is C22H15N6+. The van der Waals surface area contributed by atoms with E-state index in [1.54, 1.807) is 0 Å². The number of hydrogen-bond donors (Lipinski definition) is 0. The Balaban J connectivity index is 1.54. The predicted octanol–water partition coefficient (Wildman–Crippen LogP) is 3.34. The number of imidazole rings is 2. The second-order valence-electron chi connectivity index (χ2n) is 7.18. The van der Waals surface area contributed by atoms with Crippen molar-refractivity contribution >= 4 is 45.7 Å². The van der Waals surface area contributed by atoms with Crippen molar-refractivity contribution in [2.75, 3.05) is 0 Å². The van der Waals surface area contributed by atoms with Crippen molar-refractivity contribution in [1.82, 2.24) is 23.8 Å². The summed E-state index contributed by atoms with van der Waals surface area (Å²) >= 11 is 0. The monoisotopic (exact) mass is 363 g/mol. The van der Waals surface area contributed by atoms with Crippen LogP contribution in [0.1, 0.15) is 11.5 Å². The number of benzene rings is 2. The van der Waals surface area contributed by atoms with Gasteiger partial charge in [-0.1, -0.05) is 24.3 Å². The summed E-state index contributed by atoms with van der Waals surface area (Å²) in [5.41, 5.74) is 7.42. The van der Waals surface area contributed by atoms with Gasteiger partial charge in [-0.05, 0) is 24.3 Å². The highest BCUT2D eigenvalue weighted by molar-refractivity contribution is 5.90. The molecule has 0 bridgehead atoms. The van der Waals surface area contributed by atoms with Gasteiger partial charge in [-0.2, -0.15) is 4.57 Å². The average Bonchev–Trinajstić information content (AvgIpc) is 3.31. The Morgan fingerprint density at radius 1 is 0.857 bits per heavy atom. The SMILES string of the molecule is C1=Cn2c(nc3ccccc32)C2=Cc3c4nc5ccccc5n4cc[n+]3CN12. The molecule has 6 nitrogen and oxygen atoms in total. The lowest BCUT2D eigenvalue weighted by Crippen LogP contribution is -2.47. The van der Waals surface area contributed by atoms with Gasteiger partial charge < -0.3 is 0 Å². The zero-order valence-corrected chi connectivity index (χ0v) is 14.9. The standard InChI is InChI=1S/C22H15N6/c1-3-7-17-15(5-1)23-21-19-13-20-22-24-16-6-2-4-8-18(16)28(22)12-10-26(20)14-25(19)9-11-27(17)21/h1-13H,14H2/q+1. The van der Waals surface area contributed by atoms with Crippen LogP contribution in [0.5, 0.6) is 0 Å². The van der Waals surface area contributed by atoms with E-state index >= 15 is 0 Å². The van der Waals surface area contributed by atoms with Crippen molar-refractivity contribution in [2.24, 2.45) is 0 Å². The molecule has 6 heteroatoms. The van der Waals surface area contributed by atoms with Gasteiger partial charge in [0.05, 0.1) is 34.0 Å². The van der Waals surface area contributed by atoms with E-state index in [2.05, 4.69) is 85.7 Å². The molecule has 5 heterocycles. The first-order chi connectivity index (χ1) is 13.9. The fraction of sp³-hybridized carbons (Fsp3) is 0.0455. The van der Waals surface area contributed by atoms with Gasteiger partial charge in [0, 0.05) is 18.5 Å². The lowest BCUT2D eigenvalue weighted by molar-refractivity contribution is -0.713. The molecule has 28 heavy (non-hydrogen) atoms. The third kappa shape index (κ3) is 1.69. The first kappa shape index (κ1) is 14.2. The summed E-state index contributed by atoms with van der Waals surface area (Å²) in [6.07, 6.45) is 10.6. The van der Waals surface area contributed by atoms with E-state index in [1.165, 1.54) is 0 Å². The minimum atomic E-state index is 0.737. The predicted molar refractivity (Wildman–Crippen MR) is 108 cm³/mol. The molecule has 0 saturated carbocycles. The van der Waals surface area contributed by atoms with E-state index in [1.807, 2.05) is 12.1 Å². The summed E-state index contributed by atoms with van der Waals surface area (Å²) < 4.78 is 6.55. The fourth-order valence-corrected chi connectivity index (χ4v) is 4.30. The van der Waals surface area contributed by atoms with Crippen LogP contribution in [0.2, 0.25) is 0 Å². The maximum Gasteiger partial charge on any atom is 0.252 e. The number of rotatable bonds is 0. The normalized spacial score (nSPS) is 15.0. The number of nitrogens with zero attached hydrogens (tertiary/aromatic N) is 6. The zero-order chi connectivity index (χ0) is 18.2. The van der Waals surface area contributed by atoms with Gasteiger partial charge in [0.25, 0.3) is 5.69 Å². The molecule has 7 rings (SSSR count). The molecule has 132 valence electrons. The Hall–Kier alpha value is -3.93. The van der Waals surface area contributed by atoms with Crippen molar-refractivity contribution in [1.29, 1.82) is 0 Å². The number of hydrogen-bond acceptors (Lipinski definition) is 3. The van der Waals surface area contributed by atoms with Crippen LogP contribution in [-0.2, 0) is 6.67 Å².